The van der Waals surface area contributed by atoms with Crippen molar-refractivity contribution in [2.45, 2.75) is 25.3 Å². The molecule has 3 heterocycles. The Labute approximate surface area is 151 Å². The van der Waals surface area contributed by atoms with Crippen LogP contribution in [-0.2, 0) is 4.79 Å². The Bertz CT molecular complexity index is 764. The summed E-state index contributed by atoms with van der Waals surface area (Å²) in [7, 11) is 0. The van der Waals surface area contributed by atoms with Crippen molar-refractivity contribution in [3.05, 3.63) is 59.0 Å². The van der Waals surface area contributed by atoms with Crippen LogP contribution in [0, 0.1) is 0 Å². The van der Waals surface area contributed by atoms with Gasteiger partial charge in [-0.3, -0.25) is 4.79 Å². The van der Waals surface area contributed by atoms with E-state index >= 15 is 0 Å². The van der Waals surface area contributed by atoms with Crippen molar-refractivity contribution in [3.8, 4) is 0 Å². The summed E-state index contributed by atoms with van der Waals surface area (Å²) in [5, 5.41) is 6.96. The topological polar surface area (TPSA) is 50.2 Å². The van der Waals surface area contributed by atoms with Gasteiger partial charge in [0.15, 0.2) is 6.54 Å². The number of carbonyl (C=O) groups is 1. The summed E-state index contributed by atoms with van der Waals surface area (Å²) in [6.07, 6.45) is 4.69. The maximum atomic E-state index is 12.9. The molecule has 1 aromatic heterocycles. The van der Waals surface area contributed by atoms with Crippen molar-refractivity contribution < 1.29 is 14.1 Å². The molecular weight excluding hydrogens is 338 g/mol. The fraction of sp³-hybridized carbons (Fsp3) is 0.368. The number of hydrogen-bond acceptors (Lipinski definition) is 3. The molecule has 1 saturated heterocycles. The van der Waals surface area contributed by atoms with Crippen LogP contribution in [0.4, 0.5) is 0 Å². The molecule has 0 spiro atoms. The first-order valence-electron chi connectivity index (χ1n) is 8.73. The molecule has 0 unspecified atom stereocenters. The van der Waals surface area contributed by atoms with Gasteiger partial charge in [-0.2, -0.15) is 5.10 Å². The number of nitrogens with one attached hydrogen (secondary N) is 1. The number of furan rings is 1. The van der Waals surface area contributed by atoms with Crippen LogP contribution in [-0.4, -0.2) is 36.3 Å². The molecule has 1 atom stereocenters. The van der Waals surface area contributed by atoms with E-state index in [1.54, 1.807) is 11.3 Å². The zero-order chi connectivity index (χ0) is 17.2. The van der Waals surface area contributed by atoms with Gasteiger partial charge in [-0.15, -0.1) is 0 Å². The number of carbonyl (C=O) groups excluding carboxylic acids is 1. The lowest BCUT2D eigenvalue weighted by atomic mass is 10.0. The molecule has 2 aromatic rings. The van der Waals surface area contributed by atoms with Crippen molar-refractivity contribution >= 4 is 23.2 Å². The van der Waals surface area contributed by atoms with Crippen LogP contribution in [0.2, 0.25) is 5.02 Å². The first kappa shape index (κ1) is 16.4. The third-order valence-corrected chi connectivity index (χ3v) is 5.18. The van der Waals surface area contributed by atoms with Gasteiger partial charge in [0.1, 0.15) is 11.8 Å². The van der Waals surface area contributed by atoms with Crippen LogP contribution >= 0.6 is 11.6 Å². The monoisotopic (exact) mass is 358 g/mol. The minimum Gasteiger partial charge on any atom is -0.467 e. The lowest BCUT2D eigenvalue weighted by Crippen LogP contribution is -3.11. The Hall–Kier alpha value is -2.11. The molecular formula is C19H21ClN3O2+. The Morgan fingerprint density at radius 2 is 2.00 bits per heavy atom. The van der Waals surface area contributed by atoms with Gasteiger partial charge in [0, 0.05) is 24.3 Å². The van der Waals surface area contributed by atoms with Gasteiger partial charge >= 0.3 is 0 Å². The molecule has 0 aliphatic carbocycles. The average molecular weight is 359 g/mol. The second kappa shape index (κ2) is 7.02. The highest BCUT2D eigenvalue weighted by atomic mass is 35.5. The average Bonchev–Trinajstić information content (AvgIpc) is 3.36. The lowest BCUT2D eigenvalue weighted by molar-refractivity contribution is -0.879. The van der Waals surface area contributed by atoms with Crippen LogP contribution in [0.25, 0.3) is 0 Å². The van der Waals surface area contributed by atoms with Gasteiger partial charge in [0.25, 0.3) is 5.91 Å². The third-order valence-electron chi connectivity index (χ3n) is 4.93. The minimum atomic E-state index is -0.171. The first-order valence-corrected chi connectivity index (χ1v) is 9.11. The Kier molecular flexibility index (Phi) is 4.59. The molecule has 2 aliphatic heterocycles. The summed E-state index contributed by atoms with van der Waals surface area (Å²) in [6, 6.07) is 11.2. The van der Waals surface area contributed by atoms with Crippen LogP contribution < -0.4 is 4.90 Å². The molecule has 6 heteroatoms. The number of rotatable bonds is 4. The summed E-state index contributed by atoms with van der Waals surface area (Å²) >= 11 is 5.98. The number of amides is 1. The van der Waals surface area contributed by atoms with E-state index in [2.05, 4.69) is 5.10 Å². The maximum absolute atomic E-state index is 12.9. The number of quaternary nitrogens is 1. The molecule has 1 N–H and O–H groups in total. The van der Waals surface area contributed by atoms with Crippen molar-refractivity contribution in [3.63, 3.8) is 0 Å². The third kappa shape index (κ3) is 3.48. The highest BCUT2D eigenvalue weighted by Crippen LogP contribution is 2.33. The van der Waals surface area contributed by atoms with Crippen molar-refractivity contribution in [2.75, 3.05) is 19.6 Å². The van der Waals surface area contributed by atoms with Gasteiger partial charge < -0.3 is 9.32 Å². The largest absolute Gasteiger partial charge is 0.467 e. The minimum absolute atomic E-state index is 0.0577. The first-order chi connectivity index (χ1) is 12.2. The Morgan fingerprint density at radius 1 is 1.24 bits per heavy atom. The molecule has 1 aromatic carbocycles. The standard InChI is InChI=1S/C19H20ClN3O2/c20-15-7-5-14(6-8-15)16-12-17(18-4-3-11-25-18)23(21-16)19(24)13-22-9-1-2-10-22/h3-8,11,17H,1-2,9-10,12-13H2/p+1/t17-/m0/s1. The number of hydrogen-bond donors (Lipinski definition) is 1. The summed E-state index contributed by atoms with van der Waals surface area (Å²) in [6.45, 7) is 2.63. The van der Waals surface area contributed by atoms with E-state index in [1.165, 1.54) is 17.7 Å². The summed E-state index contributed by atoms with van der Waals surface area (Å²) < 4.78 is 5.58. The zero-order valence-corrected chi connectivity index (χ0v) is 14.7. The fourth-order valence-corrected chi connectivity index (χ4v) is 3.73. The molecule has 5 nitrogen and oxygen atoms in total. The maximum Gasteiger partial charge on any atom is 0.298 e. The Balaban J connectivity index is 1.59. The van der Waals surface area contributed by atoms with Gasteiger partial charge in [0.05, 0.1) is 25.1 Å². The van der Waals surface area contributed by atoms with Crippen LogP contribution in [0.15, 0.2) is 52.2 Å². The summed E-state index contributed by atoms with van der Waals surface area (Å²) in [5.41, 5.74) is 1.88. The summed E-state index contributed by atoms with van der Waals surface area (Å²) in [5.74, 6) is 0.833. The molecule has 0 radical (unpaired) electrons. The van der Waals surface area contributed by atoms with Crippen molar-refractivity contribution in [2.24, 2.45) is 5.10 Å². The van der Waals surface area contributed by atoms with E-state index in [1.807, 2.05) is 36.4 Å². The zero-order valence-electron chi connectivity index (χ0n) is 14.0. The lowest BCUT2D eigenvalue weighted by Gasteiger charge is -2.21. The van der Waals surface area contributed by atoms with Gasteiger partial charge in [0.2, 0.25) is 0 Å². The number of benzene rings is 1. The molecule has 1 amide bonds. The predicted molar refractivity (Wildman–Crippen MR) is 95.7 cm³/mol. The van der Waals surface area contributed by atoms with Gasteiger partial charge in [-0.1, -0.05) is 23.7 Å². The van der Waals surface area contributed by atoms with E-state index in [9.17, 15) is 4.79 Å². The molecule has 0 bridgehead atoms. The molecule has 130 valence electrons. The van der Waals surface area contributed by atoms with Crippen LogP contribution in [0.5, 0.6) is 0 Å². The predicted octanol–water partition coefficient (Wildman–Crippen LogP) is 2.29. The molecule has 4 rings (SSSR count). The van der Waals surface area contributed by atoms with Gasteiger partial charge in [-0.25, -0.2) is 5.01 Å². The molecule has 2 aliphatic rings. The second-order valence-corrected chi connectivity index (χ2v) is 7.10. The van der Waals surface area contributed by atoms with Crippen molar-refractivity contribution in [1.29, 1.82) is 0 Å². The molecule has 25 heavy (non-hydrogen) atoms. The van der Waals surface area contributed by atoms with Gasteiger partial charge in [-0.05, 0) is 29.8 Å². The molecule has 0 saturated carbocycles. The van der Waals surface area contributed by atoms with Crippen molar-refractivity contribution in [1.82, 2.24) is 5.01 Å². The van der Waals surface area contributed by atoms with Crippen LogP contribution in [0.3, 0.4) is 0 Å². The number of halogens is 1. The van der Waals surface area contributed by atoms with Crippen LogP contribution in [0.1, 0.15) is 36.6 Å². The normalized spacial score (nSPS) is 20.9. The molecule has 1 fully saturated rings. The summed E-state index contributed by atoms with van der Waals surface area (Å²) in [4.78, 5) is 14.2. The van der Waals surface area contributed by atoms with E-state index in [4.69, 9.17) is 16.0 Å². The van der Waals surface area contributed by atoms with E-state index < -0.39 is 0 Å². The van der Waals surface area contributed by atoms with E-state index in [0.717, 1.165) is 30.1 Å². The second-order valence-electron chi connectivity index (χ2n) is 6.66. The number of likely N-dealkylation sites (tertiary alicyclic amines) is 1. The number of nitrogens with zero attached hydrogens (tertiary/aromatic N) is 2. The Morgan fingerprint density at radius 3 is 2.68 bits per heavy atom. The van der Waals surface area contributed by atoms with E-state index in [-0.39, 0.29) is 11.9 Å². The highest BCUT2D eigenvalue weighted by Gasteiger charge is 2.36. The quantitative estimate of drug-likeness (QED) is 0.911. The fourth-order valence-electron chi connectivity index (χ4n) is 3.61. The SMILES string of the molecule is O=C(C[NH+]1CCCC1)N1N=C(c2ccc(Cl)cc2)C[C@H]1c1ccco1. The number of hydrazone groups is 1. The highest BCUT2D eigenvalue weighted by molar-refractivity contribution is 6.30. The smallest absolute Gasteiger partial charge is 0.298 e. The van der Waals surface area contributed by atoms with E-state index in [0.29, 0.717) is 18.0 Å².